The van der Waals surface area contributed by atoms with Crippen LogP contribution in [0.25, 0.3) is 11.4 Å². The Hall–Kier alpha value is -2.23. The van der Waals surface area contributed by atoms with Crippen molar-refractivity contribution >= 4 is 0 Å². The maximum atomic E-state index is 3.98. The third-order valence-electron chi connectivity index (χ3n) is 1.81. The van der Waals surface area contributed by atoms with E-state index in [0.717, 1.165) is 11.4 Å². The molecule has 2 heterocycles. The number of aromatic amines is 1. The molecule has 0 amide bonds. The van der Waals surface area contributed by atoms with Gasteiger partial charge in [-0.05, 0) is 6.07 Å². The molecule has 0 atom stereocenters. The normalized spacial score (nSPS) is 9.33. The number of fused-ring (bicyclic) bond motifs is 1. The number of hydrogen-bond donors (Lipinski definition) is 1. The van der Waals surface area contributed by atoms with E-state index in [9.17, 15) is 0 Å². The summed E-state index contributed by atoms with van der Waals surface area (Å²) < 4.78 is 0. The molecule has 15 heavy (non-hydrogen) atoms. The Morgan fingerprint density at radius 3 is 2.20 bits per heavy atom. The summed E-state index contributed by atoms with van der Waals surface area (Å²) in [5, 5.41) is 9.89. The third kappa shape index (κ3) is 2.60. The molecule has 1 aromatic carbocycles. The minimum absolute atomic E-state index is 0.852. The van der Waals surface area contributed by atoms with Crippen molar-refractivity contribution < 1.29 is 0 Å². The molecule has 2 aliphatic rings. The highest BCUT2D eigenvalue weighted by Crippen LogP contribution is 2.11. The van der Waals surface area contributed by atoms with Gasteiger partial charge in [-0.25, -0.2) is 0 Å². The molecule has 3 rings (SSSR count). The van der Waals surface area contributed by atoms with Crippen LogP contribution in [0.4, 0.5) is 0 Å². The van der Waals surface area contributed by atoms with Gasteiger partial charge in [-0.3, -0.25) is 10.1 Å². The number of hydrogen-bond acceptors (Lipinski definition) is 3. The molecule has 0 aliphatic carbocycles. The zero-order chi connectivity index (χ0) is 10.3. The predicted molar refractivity (Wildman–Crippen MR) is 57.2 cm³/mol. The smallest absolute Gasteiger partial charge is 0.108 e. The highest BCUT2D eigenvalue weighted by molar-refractivity contribution is 5.52. The van der Waals surface area contributed by atoms with Crippen LogP contribution in [0.3, 0.4) is 0 Å². The zero-order valence-corrected chi connectivity index (χ0v) is 8.04. The van der Waals surface area contributed by atoms with Crippen LogP contribution in [0.15, 0.2) is 54.9 Å². The van der Waals surface area contributed by atoms with Gasteiger partial charge < -0.3 is 0 Å². The van der Waals surface area contributed by atoms with Gasteiger partial charge in [0.05, 0.1) is 11.9 Å². The van der Waals surface area contributed by atoms with E-state index < -0.39 is 0 Å². The summed E-state index contributed by atoms with van der Waals surface area (Å²) >= 11 is 0. The first-order chi connectivity index (χ1) is 7.47. The average Bonchev–Trinajstić information content (AvgIpc) is 2.80. The van der Waals surface area contributed by atoms with E-state index in [1.165, 1.54) is 0 Å². The topological polar surface area (TPSA) is 54.5 Å². The van der Waals surface area contributed by atoms with Crippen molar-refractivity contribution in [1.29, 1.82) is 0 Å². The van der Waals surface area contributed by atoms with E-state index in [1.54, 1.807) is 12.4 Å². The summed E-state index contributed by atoms with van der Waals surface area (Å²) in [6.45, 7) is 0. The van der Waals surface area contributed by atoms with Crippen molar-refractivity contribution in [3.8, 4) is 11.4 Å². The third-order valence-corrected chi connectivity index (χ3v) is 1.81. The Bertz CT molecular complexity index is 409. The molecule has 0 spiro atoms. The second-order valence-corrected chi connectivity index (χ2v) is 2.85. The molecule has 1 aromatic rings. The van der Waals surface area contributed by atoms with Crippen molar-refractivity contribution in [3.05, 3.63) is 54.9 Å². The lowest BCUT2D eigenvalue weighted by molar-refractivity contribution is 0.867. The molecule has 0 saturated heterocycles. The van der Waals surface area contributed by atoms with Crippen LogP contribution in [0.5, 0.6) is 0 Å². The molecule has 4 nitrogen and oxygen atoms in total. The molecule has 2 aliphatic heterocycles. The van der Waals surface area contributed by atoms with E-state index in [-0.39, 0.29) is 0 Å². The lowest BCUT2D eigenvalue weighted by atomic mass is 10.4. The molecule has 0 radical (unpaired) electrons. The maximum absolute atomic E-state index is 3.98. The van der Waals surface area contributed by atoms with Gasteiger partial charge >= 0.3 is 0 Å². The van der Waals surface area contributed by atoms with Crippen LogP contribution < -0.4 is 0 Å². The van der Waals surface area contributed by atoms with Gasteiger partial charge in [-0.15, -0.1) is 5.10 Å². The second kappa shape index (κ2) is 4.85. The molecule has 4 heteroatoms. The van der Waals surface area contributed by atoms with Crippen LogP contribution in [0, 0.1) is 0 Å². The summed E-state index contributed by atoms with van der Waals surface area (Å²) in [6, 6.07) is 13.9. The molecular formula is C11H10N4. The van der Waals surface area contributed by atoms with Crippen molar-refractivity contribution in [2.75, 3.05) is 0 Å². The first kappa shape index (κ1) is 9.33. The first-order valence-corrected chi connectivity index (χ1v) is 4.57. The SMILES string of the molecule is c1cc2[nH]nncc-2n1.c1ccccc1. The minimum Gasteiger partial charge on any atom is -0.258 e. The van der Waals surface area contributed by atoms with Gasteiger partial charge in [-0.1, -0.05) is 41.6 Å². The van der Waals surface area contributed by atoms with E-state index in [0.29, 0.717) is 0 Å². The predicted octanol–water partition coefficient (Wildman–Crippen LogP) is 1.99. The number of rotatable bonds is 0. The van der Waals surface area contributed by atoms with Gasteiger partial charge in [-0.2, -0.15) is 0 Å². The standard InChI is InChI=1S/C6H6.C5H4N4/c1-2-4-6-5-3-1;1-2-6-5-3-7-9-8-4(1)5/h1-6H;1-3H,(H,7,8). The van der Waals surface area contributed by atoms with Crippen LogP contribution in [-0.2, 0) is 0 Å². The summed E-state index contributed by atoms with van der Waals surface area (Å²) in [5.41, 5.74) is 1.77. The van der Waals surface area contributed by atoms with Crippen molar-refractivity contribution in [2.24, 2.45) is 0 Å². The Labute approximate surface area is 87.3 Å². The number of H-pyrrole nitrogens is 1. The molecule has 0 unspecified atom stereocenters. The highest BCUT2D eigenvalue weighted by Gasteiger charge is 2.00. The second-order valence-electron chi connectivity index (χ2n) is 2.85. The average molecular weight is 198 g/mol. The van der Waals surface area contributed by atoms with E-state index >= 15 is 0 Å². The molecule has 0 aromatic heterocycles. The van der Waals surface area contributed by atoms with Gasteiger partial charge in [0.2, 0.25) is 0 Å². The largest absolute Gasteiger partial charge is 0.258 e. The summed E-state index contributed by atoms with van der Waals surface area (Å²) in [7, 11) is 0. The van der Waals surface area contributed by atoms with Crippen molar-refractivity contribution in [1.82, 2.24) is 20.4 Å². The van der Waals surface area contributed by atoms with Crippen LogP contribution in [0.1, 0.15) is 0 Å². The number of aromatic nitrogens is 4. The summed E-state index contributed by atoms with van der Waals surface area (Å²) in [5.74, 6) is 0. The van der Waals surface area contributed by atoms with Crippen LogP contribution >= 0.6 is 0 Å². The number of nitrogens with zero attached hydrogens (tertiary/aromatic N) is 3. The summed E-state index contributed by atoms with van der Waals surface area (Å²) in [6.07, 6.45) is 3.33. The van der Waals surface area contributed by atoms with Crippen molar-refractivity contribution in [2.45, 2.75) is 0 Å². The lowest BCUT2D eigenvalue weighted by Crippen LogP contribution is -1.88. The maximum Gasteiger partial charge on any atom is 0.108 e. The molecule has 74 valence electrons. The van der Waals surface area contributed by atoms with Crippen LogP contribution in [0.2, 0.25) is 0 Å². The first-order valence-electron chi connectivity index (χ1n) is 4.57. The highest BCUT2D eigenvalue weighted by atomic mass is 15.3. The fraction of sp³-hybridized carbons (Fsp3) is 0. The molecule has 0 bridgehead atoms. The van der Waals surface area contributed by atoms with Crippen LogP contribution in [-0.4, -0.2) is 20.4 Å². The monoisotopic (exact) mass is 198 g/mol. The van der Waals surface area contributed by atoms with E-state index in [4.69, 9.17) is 0 Å². The van der Waals surface area contributed by atoms with Gasteiger partial charge in [0.25, 0.3) is 0 Å². The number of nitrogens with one attached hydrogen (secondary N) is 1. The van der Waals surface area contributed by atoms with Gasteiger partial charge in [0.1, 0.15) is 5.69 Å². The lowest BCUT2D eigenvalue weighted by Gasteiger charge is -1.89. The number of benzene rings is 1. The molecule has 0 fully saturated rings. The van der Waals surface area contributed by atoms with E-state index in [2.05, 4.69) is 20.4 Å². The van der Waals surface area contributed by atoms with Gasteiger partial charge in [0.15, 0.2) is 0 Å². The van der Waals surface area contributed by atoms with Crippen molar-refractivity contribution in [3.63, 3.8) is 0 Å². The Morgan fingerprint density at radius 2 is 1.60 bits per heavy atom. The fourth-order valence-corrected chi connectivity index (χ4v) is 1.10. The summed E-state index contributed by atoms with van der Waals surface area (Å²) in [4.78, 5) is 3.98. The Balaban J connectivity index is 0.000000124. The molecule has 1 N–H and O–H groups in total. The Kier molecular flexibility index (Phi) is 3.02. The van der Waals surface area contributed by atoms with Gasteiger partial charge in [0, 0.05) is 6.20 Å². The fourth-order valence-electron chi connectivity index (χ4n) is 1.10. The van der Waals surface area contributed by atoms with E-state index in [1.807, 2.05) is 42.5 Å². The zero-order valence-electron chi connectivity index (χ0n) is 8.04. The minimum atomic E-state index is 0.852. The quantitative estimate of drug-likeness (QED) is 0.601. The molecule has 0 saturated carbocycles. The molecular weight excluding hydrogens is 188 g/mol. The Morgan fingerprint density at radius 1 is 0.933 bits per heavy atom.